The highest BCUT2D eigenvalue weighted by atomic mass is 16.6. The first-order valence-electron chi connectivity index (χ1n) is 7.59. The molecule has 2 rings (SSSR count). The molecule has 2 unspecified atom stereocenters. The maximum atomic E-state index is 12.4. The highest BCUT2D eigenvalue weighted by Crippen LogP contribution is 2.45. The number of ether oxygens (including phenoxy) is 5. The zero-order valence-electron chi connectivity index (χ0n) is 14.8. The minimum absolute atomic E-state index is 0.118. The Hall–Kier alpha value is -2.95. The van der Waals surface area contributed by atoms with E-state index in [-0.39, 0.29) is 12.5 Å². The van der Waals surface area contributed by atoms with Crippen LogP contribution in [0.2, 0.25) is 0 Å². The molecule has 0 amide bonds. The first-order chi connectivity index (χ1) is 12.0. The molecular weight excluding hydrogens is 328 g/mol. The molecule has 0 N–H and O–H groups in total. The van der Waals surface area contributed by atoms with Gasteiger partial charge in [-0.2, -0.15) is 5.26 Å². The minimum Gasteiger partial charge on any atom is -0.493 e. The molecule has 0 aromatic heterocycles. The number of benzene rings is 1. The van der Waals surface area contributed by atoms with Crippen LogP contribution >= 0.6 is 0 Å². The molecular formula is C17H20N2O6. The van der Waals surface area contributed by atoms with E-state index < -0.39 is 17.6 Å². The van der Waals surface area contributed by atoms with E-state index in [1.165, 1.54) is 21.3 Å². The van der Waals surface area contributed by atoms with Gasteiger partial charge in [-0.25, -0.2) is 9.79 Å². The van der Waals surface area contributed by atoms with Gasteiger partial charge >= 0.3 is 11.6 Å². The third kappa shape index (κ3) is 3.05. The summed E-state index contributed by atoms with van der Waals surface area (Å²) < 4.78 is 26.4. The molecule has 0 saturated heterocycles. The predicted molar refractivity (Wildman–Crippen MR) is 88.0 cm³/mol. The van der Waals surface area contributed by atoms with Gasteiger partial charge in [-0.05, 0) is 24.6 Å². The summed E-state index contributed by atoms with van der Waals surface area (Å²) in [6, 6.07) is 4.25. The quantitative estimate of drug-likeness (QED) is 0.725. The van der Waals surface area contributed by atoms with Crippen LogP contribution in [-0.2, 0) is 14.3 Å². The smallest absolute Gasteiger partial charge is 0.368 e. The summed E-state index contributed by atoms with van der Waals surface area (Å²) in [5, 5.41) is 9.68. The molecule has 1 heterocycles. The van der Waals surface area contributed by atoms with Crippen molar-refractivity contribution in [2.45, 2.75) is 25.5 Å². The van der Waals surface area contributed by atoms with Gasteiger partial charge in [-0.1, -0.05) is 0 Å². The molecule has 25 heavy (non-hydrogen) atoms. The second kappa shape index (κ2) is 7.30. The van der Waals surface area contributed by atoms with Crippen LogP contribution < -0.4 is 14.2 Å². The van der Waals surface area contributed by atoms with Crippen LogP contribution in [0.25, 0.3) is 0 Å². The van der Waals surface area contributed by atoms with Crippen LogP contribution in [0.15, 0.2) is 17.1 Å². The summed E-state index contributed by atoms with van der Waals surface area (Å²) in [4.78, 5) is 16.7. The zero-order valence-corrected chi connectivity index (χ0v) is 14.8. The van der Waals surface area contributed by atoms with E-state index >= 15 is 0 Å². The first kappa shape index (κ1) is 18.4. The van der Waals surface area contributed by atoms with Crippen molar-refractivity contribution in [1.82, 2.24) is 0 Å². The lowest BCUT2D eigenvalue weighted by atomic mass is 9.90. The Labute approximate surface area is 145 Å². The molecule has 0 bridgehead atoms. The number of esters is 1. The van der Waals surface area contributed by atoms with Gasteiger partial charge < -0.3 is 23.7 Å². The van der Waals surface area contributed by atoms with Crippen LogP contribution in [0.3, 0.4) is 0 Å². The molecule has 8 nitrogen and oxygen atoms in total. The van der Waals surface area contributed by atoms with Gasteiger partial charge in [0.15, 0.2) is 17.4 Å². The topological polar surface area (TPSA) is 99.4 Å². The maximum absolute atomic E-state index is 12.4. The van der Waals surface area contributed by atoms with Crippen LogP contribution in [0, 0.1) is 11.3 Å². The van der Waals surface area contributed by atoms with E-state index in [4.69, 9.17) is 23.7 Å². The van der Waals surface area contributed by atoms with E-state index in [1.807, 2.05) is 6.07 Å². The number of aliphatic imine (C=N–C) groups is 1. The molecule has 0 radical (unpaired) electrons. The number of rotatable bonds is 6. The Morgan fingerprint density at radius 1 is 1.28 bits per heavy atom. The number of carbonyl (C=O) groups excluding carboxylic acids is 1. The average molecular weight is 348 g/mol. The van der Waals surface area contributed by atoms with Crippen molar-refractivity contribution < 1.29 is 28.5 Å². The van der Waals surface area contributed by atoms with Crippen molar-refractivity contribution in [3.05, 3.63) is 17.7 Å². The number of methoxy groups -OCH3 is 3. The highest BCUT2D eigenvalue weighted by molar-refractivity contribution is 5.91. The fourth-order valence-corrected chi connectivity index (χ4v) is 2.68. The van der Waals surface area contributed by atoms with Gasteiger partial charge in [0.2, 0.25) is 5.75 Å². The van der Waals surface area contributed by atoms with Crippen molar-refractivity contribution in [3.63, 3.8) is 0 Å². The second-order valence-electron chi connectivity index (χ2n) is 5.18. The van der Waals surface area contributed by atoms with Crippen molar-refractivity contribution in [3.8, 4) is 23.3 Å². The van der Waals surface area contributed by atoms with Gasteiger partial charge in [-0.15, -0.1) is 0 Å². The lowest BCUT2D eigenvalue weighted by Crippen LogP contribution is -2.44. The molecule has 8 heteroatoms. The van der Waals surface area contributed by atoms with Crippen LogP contribution in [0.5, 0.6) is 17.2 Å². The van der Waals surface area contributed by atoms with Gasteiger partial charge in [0.05, 0.1) is 27.9 Å². The second-order valence-corrected chi connectivity index (χ2v) is 5.18. The van der Waals surface area contributed by atoms with Gasteiger partial charge in [0.25, 0.3) is 0 Å². The third-order valence-corrected chi connectivity index (χ3v) is 3.75. The third-order valence-electron chi connectivity index (χ3n) is 3.75. The standard InChI is InChI=1S/C17H20N2O6/c1-6-24-16(20)17(9-18)15(19-10(2)25-17)11-7-12(21-3)14(23-5)13(8-11)22-4/h7-8,15H,6H2,1-5H3. The molecule has 0 aliphatic carbocycles. The minimum atomic E-state index is -1.90. The van der Waals surface area contributed by atoms with Crippen molar-refractivity contribution in [2.24, 2.45) is 4.99 Å². The lowest BCUT2D eigenvalue weighted by molar-refractivity contribution is -0.158. The van der Waals surface area contributed by atoms with Gasteiger partial charge in [0.1, 0.15) is 12.1 Å². The maximum Gasteiger partial charge on any atom is 0.368 e. The zero-order chi connectivity index (χ0) is 18.6. The SMILES string of the molecule is CCOC(=O)C1(C#N)OC(C)=NC1c1cc(OC)c(OC)c(OC)c1. The van der Waals surface area contributed by atoms with E-state index in [1.54, 1.807) is 26.0 Å². The Morgan fingerprint density at radius 2 is 1.88 bits per heavy atom. The van der Waals surface area contributed by atoms with Crippen LogP contribution in [0.1, 0.15) is 25.5 Å². The number of nitriles is 1. The highest BCUT2D eigenvalue weighted by Gasteiger charge is 2.55. The molecule has 2 atom stereocenters. The predicted octanol–water partition coefficient (Wildman–Crippen LogP) is 2.03. The summed E-state index contributed by atoms with van der Waals surface area (Å²) in [6.45, 7) is 3.34. The summed E-state index contributed by atoms with van der Waals surface area (Å²) in [5.41, 5.74) is -1.40. The normalized spacial score (nSPS) is 21.6. The van der Waals surface area contributed by atoms with Crippen LogP contribution in [0.4, 0.5) is 0 Å². The summed E-state index contributed by atoms with van der Waals surface area (Å²) in [6.07, 6.45) is 0. The van der Waals surface area contributed by atoms with Gasteiger partial charge in [0, 0.05) is 6.92 Å². The fraction of sp³-hybridized carbons (Fsp3) is 0.471. The van der Waals surface area contributed by atoms with Crippen molar-refractivity contribution in [1.29, 1.82) is 5.26 Å². The van der Waals surface area contributed by atoms with Crippen LogP contribution in [-0.4, -0.2) is 45.4 Å². The van der Waals surface area contributed by atoms with Crippen molar-refractivity contribution in [2.75, 3.05) is 27.9 Å². The molecule has 1 aliphatic heterocycles. The Kier molecular flexibility index (Phi) is 5.37. The van der Waals surface area contributed by atoms with E-state index in [0.29, 0.717) is 22.8 Å². The molecule has 1 aliphatic rings. The molecule has 1 aromatic carbocycles. The number of carbonyl (C=O) groups is 1. The summed E-state index contributed by atoms with van der Waals surface area (Å²) in [5.74, 6) is 0.580. The fourth-order valence-electron chi connectivity index (χ4n) is 2.68. The summed E-state index contributed by atoms with van der Waals surface area (Å²) >= 11 is 0. The Balaban J connectivity index is 2.61. The molecule has 0 saturated carbocycles. The van der Waals surface area contributed by atoms with Gasteiger partial charge in [-0.3, -0.25) is 0 Å². The molecule has 134 valence electrons. The monoisotopic (exact) mass is 348 g/mol. The Bertz CT molecular complexity index is 714. The van der Waals surface area contributed by atoms with Crippen molar-refractivity contribution >= 4 is 11.9 Å². The molecule has 1 aromatic rings. The van der Waals surface area contributed by atoms with E-state index in [9.17, 15) is 10.1 Å². The molecule has 0 fully saturated rings. The first-order valence-corrected chi connectivity index (χ1v) is 7.59. The largest absolute Gasteiger partial charge is 0.493 e. The summed E-state index contributed by atoms with van der Waals surface area (Å²) in [7, 11) is 4.44. The van der Waals surface area contributed by atoms with E-state index in [0.717, 1.165) is 0 Å². The Morgan fingerprint density at radius 3 is 2.32 bits per heavy atom. The van der Waals surface area contributed by atoms with E-state index in [2.05, 4.69) is 4.99 Å². The number of hydrogen-bond donors (Lipinski definition) is 0. The number of hydrogen-bond acceptors (Lipinski definition) is 8. The lowest BCUT2D eigenvalue weighted by Gasteiger charge is -2.25. The molecule has 0 spiro atoms. The number of nitrogens with zero attached hydrogens (tertiary/aromatic N) is 2. The average Bonchev–Trinajstić information content (AvgIpc) is 2.98.